The van der Waals surface area contributed by atoms with E-state index in [0.29, 0.717) is 11.4 Å². The highest BCUT2D eigenvalue weighted by Crippen LogP contribution is 2.42. The quantitative estimate of drug-likeness (QED) is 0.661. The second-order valence-electron chi connectivity index (χ2n) is 6.78. The molecule has 2 atom stereocenters. The van der Waals surface area contributed by atoms with Gasteiger partial charge in [-0.25, -0.2) is 4.79 Å². The minimum atomic E-state index is -0.642. The van der Waals surface area contributed by atoms with Crippen LogP contribution in [0.15, 0.2) is 85.2 Å². The third-order valence-corrected chi connectivity index (χ3v) is 6.07. The predicted molar refractivity (Wildman–Crippen MR) is 117 cm³/mol. The van der Waals surface area contributed by atoms with E-state index in [4.69, 9.17) is 4.74 Å². The van der Waals surface area contributed by atoms with Crippen molar-refractivity contribution in [2.45, 2.75) is 18.0 Å². The van der Waals surface area contributed by atoms with Gasteiger partial charge in [-0.2, -0.15) is 0 Å². The topological polar surface area (TPSA) is 71.5 Å². The van der Waals surface area contributed by atoms with Gasteiger partial charge in [0, 0.05) is 23.8 Å². The average molecular weight is 420 g/mol. The number of nitrogens with one attached hydrogen (secondary N) is 1. The Balaban J connectivity index is 1.54. The zero-order valence-corrected chi connectivity index (χ0v) is 17.0. The molecule has 0 saturated carbocycles. The number of para-hydroxylation sites is 1. The van der Waals surface area contributed by atoms with E-state index in [-0.39, 0.29) is 17.9 Å². The summed E-state index contributed by atoms with van der Waals surface area (Å²) in [6, 6.07) is 21.8. The van der Waals surface area contributed by atoms with Crippen LogP contribution in [0.3, 0.4) is 0 Å². The first kappa shape index (κ1) is 20.0. The molecule has 0 spiro atoms. The van der Waals surface area contributed by atoms with Gasteiger partial charge in [0.15, 0.2) is 0 Å². The van der Waals surface area contributed by atoms with Crippen LogP contribution < -0.4 is 5.32 Å². The molecule has 1 aliphatic heterocycles. The molecule has 2 unspecified atom stereocenters. The fourth-order valence-electron chi connectivity index (χ4n) is 3.26. The van der Waals surface area contributed by atoms with Crippen LogP contribution in [0.5, 0.6) is 0 Å². The first-order valence-electron chi connectivity index (χ1n) is 9.59. The summed E-state index contributed by atoms with van der Waals surface area (Å²) in [5.41, 5.74) is 2.49. The van der Waals surface area contributed by atoms with E-state index in [0.717, 1.165) is 11.1 Å². The lowest BCUT2D eigenvalue weighted by Gasteiger charge is -2.28. The van der Waals surface area contributed by atoms with Crippen molar-refractivity contribution >= 4 is 29.4 Å². The van der Waals surface area contributed by atoms with E-state index >= 15 is 0 Å². The number of hydrogen-bond donors (Lipinski definition) is 1. The first-order valence-corrected chi connectivity index (χ1v) is 10.6. The Hall–Kier alpha value is -3.32. The Kier molecular flexibility index (Phi) is 6.29. The Bertz CT molecular complexity index is 986. The van der Waals surface area contributed by atoms with Crippen LogP contribution in [-0.2, 0) is 16.1 Å². The molecule has 1 aromatic heterocycles. The molecule has 1 fully saturated rings. The minimum absolute atomic E-state index is 0.150. The molecule has 0 aliphatic carbocycles. The highest BCUT2D eigenvalue weighted by molar-refractivity contribution is 7.99. The molecule has 2 aromatic carbocycles. The summed E-state index contributed by atoms with van der Waals surface area (Å²) in [6.45, 7) is 0.150. The van der Waals surface area contributed by atoms with Crippen LogP contribution in [-0.4, -0.2) is 33.7 Å². The van der Waals surface area contributed by atoms with Gasteiger partial charge in [0.2, 0.25) is 5.91 Å². The molecular formula is C23H21N3O3S. The number of carbonyl (C=O) groups is 2. The SMILES string of the molecule is O=C(Nc1ccccc1)C1CSC(c2ccncc2)N1C(=O)OCc1ccccc1. The molecule has 0 radical (unpaired) electrons. The zero-order valence-electron chi connectivity index (χ0n) is 16.2. The van der Waals surface area contributed by atoms with Gasteiger partial charge in [-0.15, -0.1) is 11.8 Å². The molecule has 0 bridgehead atoms. The van der Waals surface area contributed by atoms with E-state index < -0.39 is 12.1 Å². The Morgan fingerprint density at radius 2 is 1.67 bits per heavy atom. The lowest BCUT2D eigenvalue weighted by molar-refractivity contribution is -0.120. The smallest absolute Gasteiger partial charge is 0.412 e. The Labute approximate surface area is 179 Å². The van der Waals surface area contributed by atoms with E-state index in [1.165, 1.54) is 16.7 Å². The van der Waals surface area contributed by atoms with Crippen LogP contribution in [0.1, 0.15) is 16.5 Å². The van der Waals surface area contributed by atoms with E-state index in [9.17, 15) is 9.59 Å². The lowest BCUT2D eigenvalue weighted by Crippen LogP contribution is -2.45. The van der Waals surface area contributed by atoms with Crippen LogP contribution in [0.2, 0.25) is 0 Å². The zero-order chi connectivity index (χ0) is 20.8. The second-order valence-corrected chi connectivity index (χ2v) is 7.90. The fourth-order valence-corrected chi connectivity index (χ4v) is 4.68. The summed E-state index contributed by atoms with van der Waals surface area (Å²) in [5.74, 6) is 0.244. The number of aromatic nitrogens is 1. The predicted octanol–water partition coefficient (Wildman–Crippen LogP) is 4.47. The largest absolute Gasteiger partial charge is 0.444 e. The normalized spacial score (nSPS) is 18.1. The summed E-state index contributed by atoms with van der Waals surface area (Å²) >= 11 is 1.54. The number of benzene rings is 2. The average Bonchev–Trinajstić information content (AvgIpc) is 3.25. The van der Waals surface area contributed by atoms with Crippen molar-refractivity contribution in [1.82, 2.24) is 9.88 Å². The molecule has 152 valence electrons. The molecule has 1 aliphatic rings. The number of thioether (sulfide) groups is 1. The summed E-state index contributed by atoms with van der Waals surface area (Å²) in [5, 5.41) is 2.58. The standard InChI is InChI=1S/C23H21N3O3S/c27-21(25-19-9-5-2-6-10-19)20-16-30-22(18-11-13-24-14-12-18)26(20)23(28)29-15-17-7-3-1-4-8-17/h1-14,20,22H,15-16H2,(H,25,27). The van der Waals surface area contributed by atoms with E-state index in [2.05, 4.69) is 10.3 Å². The number of carbonyl (C=O) groups excluding carboxylic acids is 2. The molecule has 4 rings (SSSR count). The van der Waals surface area contributed by atoms with Gasteiger partial charge in [0.05, 0.1) is 0 Å². The highest BCUT2D eigenvalue weighted by atomic mass is 32.2. The van der Waals surface area contributed by atoms with Crippen LogP contribution in [0.25, 0.3) is 0 Å². The third-order valence-electron chi connectivity index (χ3n) is 4.75. The summed E-state index contributed by atoms with van der Waals surface area (Å²) < 4.78 is 5.57. The fraction of sp³-hybridized carbons (Fsp3) is 0.174. The lowest BCUT2D eigenvalue weighted by atomic mass is 10.2. The number of anilines is 1. The first-order chi connectivity index (χ1) is 14.7. The monoisotopic (exact) mass is 419 g/mol. The number of ether oxygens (including phenoxy) is 1. The molecule has 1 saturated heterocycles. The van der Waals surface area contributed by atoms with Crippen molar-refractivity contribution in [2.24, 2.45) is 0 Å². The van der Waals surface area contributed by atoms with Crippen LogP contribution >= 0.6 is 11.8 Å². The minimum Gasteiger partial charge on any atom is -0.444 e. The van der Waals surface area contributed by atoms with Crippen molar-refractivity contribution in [3.8, 4) is 0 Å². The summed E-state index contributed by atoms with van der Waals surface area (Å²) in [4.78, 5) is 31.6. The van der Waals surface area contributed by atoms with Gasteiger partial charge < -0.3 is 10.1 Å². The molecule has 2 heterocycles. The van der Waals surface area contributed by atoms with Crippen LogP contribution in [0, 0.1) is 0 Å². The van der Waals surface area contributed by atoms with Gasteiger partial charge in [0.25, 0.3) is 0 Å². The third kappa shape index (κ3) is 4.63. The van der Waals surface area contributed by atoms with E-state index in [1.54, 1.807) is 12.4 Å². The van der Waals surface area contributed by atoms with Gasteiger partial charge in [-0.3, -0.25) is 14.7 Å². The molecule has 6 nitrogen and oxygen atoms in total. The number of hydrogen-bond acceptors (Lipinski definition) is 5. The number of pyridine rings is 1. The number of nitrogens with zero attached hydrogens (tertiary/aromatic N) is 2. The van der Waals surface area contributed by atoms with Gasteiger partial charge >= 0.3 is 6.09 Å². The highest BCUT2D eigenvalue weighted by Gasteiger charge is 2.43. The maximum atomic E-state index is 13.1. The summed E-state index contributed by atoms with van der Waals surface area (Å²) in [6.07, 6.45) is 2.85. The van der Waals surface area contributed by atoms with Crippen LogP contribution in [0.4, 0.5) is 10.5 Å². The van der Waals surface area contributed by atoms with Gasteiger partial charge in [-0.1, -0.05) is 48.5 Å². The van der Waals surface area contributed by atoms with Crippen molar-refractivity contribution in [2.75, 3.05) is 11.1 Å². The molecule has 3 aromatic rings. The summed E-state index contributed by atoms with van der Waals surface area (Å²) in [7, 11) is 0. The number of amides is 2. The van der Waals surface area contributed by atoms with Gasteiger partial charge in [-0.05, 0) is 35.4 Å². The Morgan fingerprint density at radius 1 is 1.00 bits per heavy atom. The van der Waals surface area contributed by atoms with Crippen molar-refractivity contribution in [1.29, 1.82) is 0 Å². The molecule has 2 amide bonds. The van der Waals surface area contributed by atoms with E-state index in [1.807, 2.05) is 72.8 Å². The molecular weight excluding hydrogens is 398 g/mol. The van der Waals surface area contributed by atoms with Crippen molar-refractivity contribution in [3.63, 3.8) is 0 Å². The second kappa shape index (κ2) is 9.45. The molecule has 30 heavy (non-hydrogen) atoms. The van der Waals surface area contributed by atoms with Crippen molar-refractivity contribution in [3.05, 3.63) is 96.3 Å². The van der Waals surface area contributed by atoms with Crippen molar-refractivity contribution < 1.29 is 14.3 Å². The maximum absolute atomic E-state index is 13.1. The molecule has 7 heteroatoms. The molecule has 1 N–H and O–H groups in total. The Morgan fingerprint density at radius 3 is 2.37 bits per heavy atom. The van der Waals surface area contributed by atoms with Gasteiger partial charge in [0.1, 0.15) is 18.0 Å². The maximum Gasteiger partial charge on any atom is 0.412 e. The number of rotatable bonds is 5.